The molecule has 6 heteroatoms. The second kappa shape index (κ2) is 8.82. The van der Waals surface area contributed by atoms with Gasteiger partial charge in [0, 0.05) is 6.54 Å². The highest BCUT2D eigenvalue weighted by atomic mass is 16.5. The minimum atomic E-state index is -0.617. The van der Waals surface area contributed by atoms with Gasteiger partial charge in [-0.1, -0.05) is 6.07 Å². The lowest BCUT2D eigenvalue weighted by molar-refractivity contribution is -0.127. The first-order valence-electron chi connectivity index (χ1n) is 7.86. The van der Waals surface area contributed by atoms with E-state index in [4.69, 9.17) is 18.9 Å². The summed E-state index contributed by atoms with van der Waals surface area (Å²) in [6, 6.07) is 12.6. The molecule has 0 heterocycles. The van der Waals surface area contributed by atoms with Crippen molar-refractivity contribution in [1.82, 2.24) is 5.32 Å². The van der Waals surface area contributed by atoms with Crippen LogP contribution in [-0.2, 0) is 11.3 Å². The van der Waals surface area contributed by atoms with Crippen LogP contribution in [0.15, 0.2) is 42.5 Å². The van der Waals surface area contributed by atoms with Gasteiger partial charge in [-0.2, -0.15) is 0 Å². The number of benzene rings is 2. The zero-order chi connectivity index (χ0) is 18.2. The Morgan fingerprint density at radius 1 is 0.920 bits per heavy atom. The minimum absolute atomic E-state index is 0.203. The molecular weight excluding hydrogens is 322 g/mol. The summed E-state index contributed by atoms with van der Waals surface area (Å²) in [5, 5.41) is 2.85. The molecule has 0 radical (unpaired) electrons. The predicted molar refractivity (Wildman–Crippen MR) is 94.5 cm³/mol. The van der Waals surface area contributed by atoms with Gasteiger partial charge < -0.3 is 24.3 Å². The van der Waals surface area contributed by atoms with Gasteiger partial charge >= 0.3 is 0 Å². The van der Waals surface area contributed by atoms with Crippen molar-refractivity contribution < 1.29 is 23.7 Å². The molecule has 0 unspecified atom stereocenters. The van der Waals surface area contributed by atoms with Crippen LogP contribution in [0.5, 0.6) is 23.0 Å². The molecule has 2 aromatic carbocycles. The lowest BCUT2D eigenvalue weighted by Gasteiger charge is -2.15. The zero-order valence-electron chi connectivity index (χ0n) is 14.9. The normalized spacial score (nSPS) is 11.4. The van der Waals surface area contributed by atoms with Gasteiger partial charge in [-0.3, -0.25) is 4.79 Å². The number of hydrogen-bond donors (Lipinski definition) is 1. The topological polar surface area (TPSA) is 66.0 Å². The summed E-state index contributed by atoms with van der Waals surface area (Å²) in [5.41, 5.74) is 0.905. The lowest BCUT2D eigenvalue weighted by atomic mass is 10.2. The van der Waals surface area contributed by atoms with E-state index >= 15 is 0 Å². The summed E-state index contributed by atoms with van der Waals surface area (Å²) in [4.78, 5) is 12.2. The predicted octanol–water partition coefficient (Wildman–Crippen LogP) is 2.80. The lowest BCUT2D eigenvalue weighted by Crippen LogP contribution is -2.35. The summed E-state index contributed by atoms with van der Waals surface area (Å²) >= 11 is 0. The number of ether oxygens (including phenoxy) is 4. The molecule has 1 atom stereocenters. The van der Waals surface area contributed by atoms with Crippen molar-refractivity contribution in [2.24, 2.45) is 0 Å². The number of amides is 1. The third kappa shape index (κ3) is 5.04. The number of hydrogen-bond acceptors (Lipinski definition) is 5. The van der Waals surface area contributed by atoms with Crippen LogP contribution >= 0.6 is 0 Å². The summed E-state index contributed by atoms with van der Waals surface area (Å²) < 4.78 is 21.2. The van der Waals surface area contributed by atoms with Gasteiger partial charge in [-0.25, -0.2) is 0 Å². The maximum atomic E-state index is 12.2. The van der Waals surface area contributed by atoms with E-state index in [0.29, 0.717) is 23.8 Å². The van der Waals surface area contributed by atoms with Crippen LogP contribution in [0.4, 0.5) is 0 Å². The van der Waals surface area contributed by atoms with Crippen LogP contribution in [-0.4, -0.2) is 33.3 Å². The van der Waals surface area contributed by atoms with Gasteiger partial charge in [0.2, 0.25) is 0 Å². The van der Waals surface area contributed by atoms with Gasteiger partial charge in [-0.15, -0.1) is 0 Å². The number of nitrogens with one attached hydrogen (secondary N) is 1. The first-order valence-corrected chi connectivity index (χ1v) is 7.86. The molecule has 25 heavy (non-hydrogen) atoms. The van der Waals surface area contributed by atoms with Gasteiger partial charge in [0.1, 0.15) is 11.5 Å². The van der Waals surface area contributed by atoms with Crippen molar-refractivity contribution in [3.05, 3.63) is 48.0 Å². The smallest absolute Gasteiger partial charge is 0.261 e. The zero-order valence-corrected chi connectivity index (χ0v) is 14.9. The Hall–Kier alpha value is -2.89. The van der Waals surface area contributed by atoms with Crippen LogP contribution in [0.1, 0.15) is 12.5 Å². The standard InChI is InChI=1S/C19H23NO5/c1-13(25-16-8-6-15(22-2)7-9-16)19(21)20-12-14-5-10-17(23-3)18(11-14)24-4/h5-11,13H,12H2,1-4H3,(H,20,21)/t13-/m0/s1. The van der Waals surface area contributed by atoms with E-state index in [1.165, 1.54) is 0 Å². The molecule has 0 saturated carbocycles. The molecule has 1 amide bonds. The van der Waals surface area contributed by atoms with Crippen LogP contribution < -0.4 is 24.3 Å². The van der Waals surface area contributed by atoms with Crippen molar-refractivity contribution in [3.8, 4) is 23.0 Å². The van der Waals surface area contributed by atoms with Crippen LogP contribution in [0.2, 0.25) is 0 Å². The highest BCUT2D eigenvalue weighted by Gasteiger charge is 2.15. The molecule has 0 saturated heterocycles. The summed E-state index contributed by atoms with van der Waals surface area (Å²) in [5.74, 6) is 2.41. The molecule has 1 N–H and O–H groups in total. The van der Waals surface area contributed by atoms with E-state index in [2.05, 4.69) is 5.32 Å². The largest absolute Gasteiger partial charge is 0.497 e. The van der Waals surface area contributed by atoms with E-state index < -0.39 is 6.10 Å². The second-order valence-electron chi connectivity index (χ2n) is 5.34. The summed E-state index contributed by atoms with van der Waals surface area (Å²) in [7, 11) is 4.75. The molecule has 0 aliphatic carbocycles. The van der Waals surface area contributed by atoms with Gasteiger partial charge in [0.25, 0.3) is 5.91 Å². The van der Waals surface area contributed by atoms with Gasteiger partial charge in [-0.05, 0) is 48.9 Å². The van der Waals surface area contributed by atoms with Crippen LogP contribution in [0, 0.1) is 0 Å². The number of methoxy groups -OCH3 is 3. The number of rotatable bonds is 8. The van der Waals surface area contributed by atoms with Crippen molar-refractivity contribution in [2.45, 2.75) is 19.6 Å². The Balaban J connectivity index is 1.90. The molecule has 0 fully saturated rings. The number of carbonyl (C=O) groups is 1. The van der Waals surface area contributed by atoms with E-state index in [-0.39, 0.29) is 5.91 Å². The number of carbonyl (C=O) groups excluding carboxylic acids is 1. The maximum Gasteiger partial charge on any atom is 0.261 e. The van der Waals surface area contributed by atoms with Crippen LogP contribution in [0.3, 0.4) is 0 Å². The molecule has 0 spiro atoms. The Bertz CT molecular complexity index is 699. The van der Waals surface area contributed by atoms with Gasteiger partial charge in [0.05, 0.1) is 21.3 Å². The first-order chi connectivity index (χ1) is 12.1. The average molecular weight is 345 g/mol. The monoisotopic (exact) mass is 345 g/mol. The quantitative estimate of drug-likeness (QED) is 0.797. The van der Waals surface area contributed by atoms with Crippen molar-refractivity contribution in [2.75, 3.05) is 21.3 Å². The molecule has 0 bridgehead atoms. The van der Waals surface area contributed by atoms with Crippen molar-refractivity contribution in [1.29, 1.82) is 0 Å². The first kappa shape index (κ1) is 18.4. The molecule has 0 aliphatic heterocycles. The Kier molecular flexibility index (Phi) is 6.51. The SMILES string of the molecule is COc1ccc(O[C@@H](C)C(=O)NCc2ccc(OC)c(OC)c2)cc1. The molecule has 2 rings (SSSR count). The molecular formula is C19H23NO5. The van der Waals surface area contributed by atoms with E-state index in [9.17, 15) is 4.79 Å². The molecule has 134 valence electrons. The Morgan fingerprint density at radius 3 is 2.16 bits per heavy atom. The van der Waals surface area contributed by atoms with E-state index in [0.717, 1.165) is 11.3 Å². The van der Waals surface area contributed by atoms with Crippen LogP contribution in [0.25, 0.3) is 0 Å². The fraction of sp³-hybridized carbons (Fsp3) is 0.316. The third-order valence-corrected chi connectivity index (χ3v) is 3.66. The fourth-order valence-corrected chi connectivity index (χ4v) is 2.24. The Morgan fingerprint density at radius 2 is 1.56 bits per heavy atom. The fourth-order valence-electron chi connectivity index (χ4n) is 2.24. The van der Waals surface area contributed by atoms with E-state index in [1.807, 2.05) is 12.1 Å². The molecule has 6 nitrogen and oxygen atoms in total. The van der Waals surface area contributed by atoms with Gasteiger partial charge in [0.15, 0.2) is 17.6 Å². The minimum Gasteiger partial charge on any atom is -0.497 e. The Labute approximate surface area is 147 Å². The molecule has 2 aromatic rings. The molecule has 0 aromatic heterocycles. The van der Waals surface area contributed by atoms with E-state index in [1.54, 1.807) is 58.6 Å². The maximum absolute atomic E-state index is 12.2. The highest BCUT2D eigenvalue weighted by molar-refractivity contribution is 5.80. The summed E-state index contributed by atoms with van der Waals surface area (Å²) in [6.45, 7) is 2.07. The average Bonchev–Trinajstić information content (AvgIpc) is 2.66. The van der Waals surface area contributed by atoms with Crippen molar-refractivity contribution >= 4 is 5.91 Å². The highest BCUT2D eigenvalue weighted by Crippen LogP contribution is 2.27. The summed E-state index contributed by atoms with van der Waals surface area (Å²) in [6.07, 6.45) is -0.617. The van der Waals surface area contributed by atoms with Crippen molar-refractivity contribution in [3.63, 3.8) is 0 Å². The molecule has 0 aliphatic rings. The second-order valence-corrected chi connectivity index (χ2v) is 5.34. The third-order valence-electron chi connectivity index (χ3n) is 3.66.